The fourth-order valence-electron chi connectivity index (χ4n) is 1.65. The average Bonchev–Trinajstić information content (AvgIpc) is 2.30. The molecule has 0 saturated carbocycles. The molecule has 1 aromatic heterocycles. The van der Waals surface area contributed by atoms with Gasteiger partial charge in [0.05, 0.1) is 25.5 Å². The van der Waals surface area contributed by atoms with Crippen molar-refractivity contribution in [2.75, 3.05) is 31.2 Å². The van der Waals surface area contributed by atoms with Crippen LogP contribution < -0.4 is 10.6 Å². The average molecular weight is 229 g/mol. The third kappa shape index (κ3) is 2.19. The Morgan fingerprint density at radius 1 is 1.67 bits per heavy atom. The van der Waals surface area contributed by atoms with Gasteiger partial charge in [0.2, 0.25) is 0 Å². The number of aromatic nitrogens is 2. The van der Waals surface area contributed by atoms with Crippen molar-refractivity contribution in [3.63, 3.8) is 0 Å². The zero-order valence-corrected chi connectivity index (χ0v) is 9.02. The SMILES string of the molecule is NCC1COCCN1c1ncncc1Cl. The zero-order chi connectivity index (χ0) is 10.7. The highest BCUT2D eigenvalue weighted by Gasteiger charge is 2.24. The number of ether oxygens (including phenoxy) is 1. The lowest BCUT2D eigenvalue weighted by atomic mass is 10.2. The standard InChI is InChI=1S/C9H13ClN4O/c10-8-4-12-6-13-9(8)14-1-2-15-5-7(14)3-11/h4,6-7H,1-3,5,11H2. The molecule has 1 aromatic rings. The molecule has 15 heavy (non-hydrogen) atoms. The van der Waals surface area contributed by atoms with Crippen LogP contribution in [0.2, 0.25) is 5.02 Å². The van der Waals surface area contributed by atoms with Crippen LogP contribution in [0.25, 0.3) is 0 Å². The molecule has 1 saturated heterocycles. The highest BCUT2D eigenvalue weighted by molar-refractivity contribution is 6.32. The van der Waals surface area contributed by atoms with Crippen molar-refractivity contribution in [3.8, 4) is 0 Å². The van der Waals surface area contributed by atoms with E-state index in [0.717, 1.165) is 12.4 Å². The van der Waals surface area contributed by atoms with Gasteiger partial charge in [-0.1, -0.05) is 11.6 Å². The fourth-order valence-corrected chi connectivity index (χ4v) is 1.86. The Kier molecular flexibility index (Phi) is 3.35. The number of rotatable bonds is 2. The minimum absolute atomic E-state index is 0.145. The molecular formula is C9H13ClN4O. The van der Waals surface area contributed by atoms with Crippen LogP contribution >= 0.6 is 11.6 Å². The summed E-state index contributed by atoms with van der Waals surface area (Å²) >= 11 is 6.03. The number of anilines is 1. The fraction of sp³-hybridized carbons (Fsp3) is 0.556. The van der Waals surface area contributed by atoms with Gasteiger partial charge in [-0.05, 0) is 0 Å². The van der Waals surface area contributed by atoms with E-state index in [2.05, 4.69) is 14.9 Å². The van der Waals surface area contributed by atoms with E-state index in [0.29, 0.717) is 24.8 Å². The van der Waals surface area contributed by atoms with Crippen molar-refractivity contribution in [1.82, 2.24) is 9.97 Å². The molecule has 1 atom stereocenters. The maximum atomic E-state index is 6.03. The van der Waals surface area contributed by atoms with Gasteiger partial charge in [0.25, 0.3) is 0 Å². The van der Waals surface area contributed by atoms with Crippen LogP contribution in [0, 0.1) is 0 Å². The Balaban J connectivity index is 2.24. The molecule has 5 nitrogen and oxygen atoms in total. The van der Waals surface area contributed by atoms with E-state index in [1.807, 2.05) is 0 Å². The van der Waals surface area contributed by atoms with E-state index in [4.69, 9.17) is 22.1 Å². The molecule has 0 amide bonds. The third-order valence-corrected chi connectivity index (χ3v) is 2.69. The van der Waals surface area contributed by atoms with Gasteiger partial charge in [0, 0.05) is 13.1 Å². The van der Waals surface area contributed by atoms with E-state index in [-0.39, 0.29) is 6.04 Å². The van der Waals surface area contributed by atoms with Crippen molar-refractivity contribution in [2.24, 2.45) is 5.73 Å². The van der Waals surface area contributed by atoms with Crippen molar-refractivity contribution in [3.05, 3.63) is 17.5 Å². The first kappa shape index (κ1) is 10.6. The Hall–Kier alpha value is -0.910. The second-order valence-electron chi connectivity index (χ2n) is 3.35. The van der Waals surface area contributed by atoms with E-state index in [9.17, 15) is 0 Å². The smallest absolute Gasteiger partial charge is 0.151 e. The molecule has 1 unspecified atom stereocenters. The Morgan fingerprint density at radius 3 is 3.27 bits per heavy atom. The molecule has 1 fully saturated rings. The van der Waals surface area contributed by atoms with Crippen LogP contribution in [0.15, 0.2) is 12.5 Å². The first-order chi connectivity index (χ1) is 7.33. The topological polar surface area (TPSA) is 64.3 Å². The lowest BCUT2D eigenvalue weighted by Gasteiger charge is -2.35. The summed E-state index contributed by atoms with van der Waals surface area (Å²) in [5, 5.41) is 0.554. The van der Waals surface area contributed by atoms with Gasteiger partial charge in [-0.25, -0.2) is 9.97 Å². The molecule has 6 heteroatoms. The molecule has 2 rings (SSSR count). The molecule has 0 spiro atoms. The van der Waals surface area contributed by atoms with Crippen LogP contribution in [0.5, 0.6) is 0 Å². The monoisotopic (exact) mass is 228 g/mol. The van der Waals surface area contributed by atoms with Crippen LogP contribution in [0.1, 0.15) is 0 Å². The van der Waals surface area contributed by atoms with Gasteiger partial charge in [-0.2, -0.15) is 0 Å². The van der Waals surface area contributed by atoms with Crippen LogP contribution in [-0.2, 0) is 4.74 Å². The summed E-state index contributed by atoms with van der Waals surface area (Å²) < 4.78 is 5.36. The van der Waals surface area contributed by atoms with Crippen molar-refractivity contribution >= 4 is 17.4 Å². The number of hydrogen-bond donors (Lipinski definition) is 1. The van der Waals surface area contributed by atoms with Gasteiger partial charge in [0.15, 0.2) is 5.82 Å². The maximum Gasteiger partial charge on any atom is 0.151 e. The summed E-state index contributed by atoms with van der Waals surface area (Å²) in [5.41, 5.74) is 5.67. The summed E-state index contributed by atoms with van der Waals surface area (Å²) in [4.78, 5) is 10.1. The molecular weight excluding hydrogens is 216 g/mol. The van der Waals surface area contributed by atoms with Gasteiger partial charge in [-0.3, -0.25) is 0 Å². The lowest BCUT2D eigenvalue weighted by molar-refractivity contribution is 0.0958. The van der Waals surface area contributed by atoms with Gasteiger partial charge >= 0.3 is 0 Å². The molecule has 2 N–H and O–H groups in total. The normalized spacial score (nSPS) is 21.7. The molecule has 2 heterocycles. The summed E-state index contributed by atoms with van der Waals surface area (Å²) in [6, 6.07) is 0.145. The molecule has 0 aromatic carbocycles. The van der Waals surface area contributed by atoms with E-state index >= 15 is 0 Å². The van der Waals surface area contributed by atoms with Gasteiger partial charge in [0.1, 0.15) is 11.3 Å². The molecule has 1 aliphatic rings. The van der Waals surface area contributed by atoms with E-state index in [1.54, 1.807) is 6.20 Å². The van der Waals surface area contributed by atoms with Crippen molar-refractivity contribution in [2.45, 2.75) is 6.04 Å². The quantitative estimate of drug-likeness (QED) is 0.789. The summed E-state index contributed by atoms with van der Waals surface area (Å²) in [5.74, 6) is 0.741. The second-order valence-corrected chi connectivity index (χ2v) is 3.76. The van der Waals surface area contributed by atoms with Crippen LogP contribution in [0.3, 0.4) is 0 Å². The largest absolute Gasteiger partial charge is 0.377 e. The van der Waals surface area contributed by atoms with Gasteiger partial charge < -0.3 is 15.4 Å². The Labute approximate surface area is 93.2 Å². The Morgan fingerprint density at radius 2 is 2.53 bits per heavy atom. The lowest BCUT2D eigenvalue weighted by Crippen LogP contribution is -2.50. The molecule has 0 aliphatic carbocycles. The van der Waals surface area contributed by atoms with E-state index in [1.165, 1.54) is 6.33 Å². The molecule has 0 bridgehead atoms. The second kappa shape index (κ2) is 4.74. The van der Waals surface area contributed by atoms with Gasteiger partial charge in [-0.15, -0.1) is 0 Å². The molecule has 0 radical (unpaired) electrons. The van der Waals surface area contributed by atoms with Crippen LogP contribution in [-0.4, -0.2) is 42.3 Å². The maximum absolute atomic E-state index is 6.03. The predicted octanol–water partition coefficient (Wildman–Crippen LogP) is 0.294. The first-order valence-electron chi connectivity index (χ1n) is 4.83. The highest BCUT2D eigenvalue weighted by atomic mass is 35.5. The summed E-state index contributed by atoms with van der Waals surface area (Å²) in [7, 11) is 0. The predicted molar refractivity (Wildman–Crippen MR) is 58.0 cm³/mol. The van der Waals surface area contributed by atoms with Crippen LogP contribution in [0.4, 0.5) is 5.82 Å². The first-order valence-corrected chi connectivity index (χ1v) is 5.20. The number of morpholine rings is 1. The summed E-state index contributed by atoms with van der Waals surface area (Å²) in [6.45, 7) is 2.59. The highest BCUT2D eigenvalue weighted by Crippen LogP contribution is 2.24. The Bertz CT molecular complexity index is 336. The van der Waals surface area contributed by atoms with Crippen molar-refractivity contribution in [1.29, 1.82) is 0 Å². The number of hydrogen-bond acceptors (Lipinski definition) is 5. The number of nitrogens with two attached hydrogens (primary N) is 1. The molecule has 1 aliphatic heterocycles. The molecule has 82 valence electrons. The number of halogens is 1. The summed E-state index contributed by atoms with van der Waals surface area (Å²) in [6.07, 6.45) is 3.08. The zero-order valence-electron chi connectivity index (χ0n) is 8.27. The minimum atomic E-state index is 0.145. The van der Waals surface area contributed by atoms with E-state index < -0.39 is 0 Å². The number of nitrogens with zero attached hydrogens (tertiary/aromatic N) is 3. The van der Waals surface area contributed by atoms with Crippen molar-refractivity contribution < 1.29 is 4.74 Å². The minimum Gasteiger partial charge on any atom is -0.377 e. The third-order valence-electron chi connectivity index (χ3n) is 2.42.